The number of nitrogens with one attached hydrogen (secondary N) is 4. The Hall–Kier alpha value is -8.90. The molecule has 1 amide bonds. The summed E-state index contributed by atoms with van der Waals surface area (Å²) in [4.78, 5) is 32.1. The fourth-order valence-electron chi connectivity index (χ4n) is 15.7. The average Bonchev–Trinajstić information content (AvgIpc) is 1.52. The summed E-state index contributed by atoms with van der Waals surface area (Å²) in [5, 5.41) is 14.3. The normalized spacial score (nSPS) is 22.2. The van der Waals surface area contributed by atoms with Gasteiger partial charge in [-0.25, -0.2) is 4.39 Å². The second-order valence-corrected chi connectivity index (χ2v) is 26.1. The van der Waals surface area contributed by atoms with Crippen molar-refractivity contribution in [3.63, 3.8) is 0 Å². The highest BCUT2D eigenvalue weighted by Crippen LogP contribution is 2.51. The van der Waals surface area contributed by atoms with Crippen LogP contribution in [0.2, 0.25) is 0 Å². The maximum absolute atomic E-state index is 13.8. The summed E-state index contributed by atoms with van der Waals surface area (Å²) >= 11 is 5.66. The van der Waals surface area contributed by atoms with E-state index in [0.717, 1.165) is 103 Å². The van der Waals surface area contributed by atoms with Crippen molar-refractivity contribution in [3.8, 4) is 39.8 Å². The van der Waals surface area contributed by atoms with Crippen molar-refractivity contribution in [2.75, 3.05) is 53.9 Å². The Kier molecular flexibility index (Phi) is 20.1. The van der Waals surface area contributed by atoms with Gasteiger partial charge < -0.3 is 26.0 Å². The number of hydrogen-bond acceptors (Lipinski definition) is 11. The topological polar surface area (TPSA) is 123 Å². The molecule has 0 radical (unpaired) electrons. The van der Waals surface area contributed by atoms with Gasteiger partial charge in [-0.1, -0.05) is 69.0 Å². The van der Waals surface area contributed by atoms with Crippen LogP contribution in [0.3, 0.4) is 0 Å². The van der Waals surface area contributed by atoms with Crippen molar-refractivity contribution in [2.45, 2.75) is 115 Å². The van der Waals surface area contributed by atoms with Gasteiger partial charge in [0.1, 0.15) is 17.4 Å². The molecule has 480 valence electrons. The van der Waals surface area contributed by atoms with E-state index in [2.05, 4.69) is 181 Å². The lowest BCUT2D eigenvalue weighted by molar-refractivity contribution is -0.113. The molecule has 94 heavy (non-hydrogen) atoms. The van der Waals surface area contributed by atoms with Crippen molar-refractivity contribution in [2.24, 2.45) is 17.8 Å². The lowest BCUT2D eigenvalue weighted by atomic mass is 9.81. The minimum Gasteiger partial charge on any atom is -0.497 e. The Morgan fingerprint density at radius 2 is 0.915 bits per heavy atom. The van der Waals surface area contributed by atoms with Gasteiger partial charge in [0.05, 0.1) is 7.11 Å². The highest BCUT2D eigenvalue weighted by Gasteiger charge is 2.46. The molecule has 9 atom stereocenters. The number of amides is 1. The molecule has 9 heterocycles. The number of pyridine rings is 3. The number of rotatable bonds is 14. The molecule has 6 aliphatic rings. The highest BCUT2D eigenvalue weighted by atomic mass is 35.5. The van der Waals surface area contributed by atoms with Crippen LogP contribution < -0.4 is 26.0 Å². The lowest BCUT2D eigenvalue weighted by Crippen LogP contribution is -2.38. The van der Waals surface area contributed by atoms with Gasteiger partial charge in [-0.3, -0.25) is 34.4 Å². The molecule has 14 heteroatoms. The number of fused-ring (bicyclic) bond motifs is 9. The van der Waals surface area contributed by atoms with Crippen LogP contribution in [0.1, 0.15) is 122 Å². The molecule has 3 saturated heterocycles. The minimum atomic E-state index is -0.199. The van der Waals surface area contributed by atoms with Gasteiger partial charge in [-0.2, -0.15) is 0 Å². The van der Waals surface area contributed by atoms with E-state index < -0.39 is 0 Å². The maximum atomic E-state index is 13.8. The Morgan fingerprint density at radius 3 is 1.35 bits per heavy atom. The van der Waals surface area contributed by atoms with Crippen molar-refractivity contribution < 1.29 is 13.9 Å². The number of aromatic nitrogens is 3. The van der Waals surface area contributed by atoms with Crippen LogP contribution >= 0.6 is 11.6 Å². The zero-order valence-corrected chi connectivity index (χ0v) is 55.0. The second-order valence-electron chi connectivity index (χ2n) is 25.8. The first-order valence-corrected chi connectivity index (χ1v) is 34.2. The Morgan fingerprint density at radius 1 is 0.511 bits per heavy atom. The van der Waals surface area contributed by atoms with Crippen molar-refractivity contribution >= 4 is 40.3 Å². The van der Waals surface area contributed by atoms with Crippen LogP contribution in [-0.2, 0) is 24.4 Å². The molecule has 9 aromatic rings. The number of nitrogens with zero attached hydrogens (tertiary/aromatic N) is 6. The number of likely N-dealkylation sites (tertiary alicyclic amines) is 3. The summed E-state index contributed by atoms with van der Waals surface area (Å²) in [6, 6.07) is 58.1. The van der Waals surface area contributed by atoms with Gasteiger partial charge >= 0.3 is 0 Å². The fraction of sp³-hybridized carbons (Fsp3) is 0.325. The zero-order chi connectivity index (χ0) is 64.5. The van der Waals surface area contributed by atoms with Crippen molar-refractivity contribution in [1.82, 2.24) is 29.7 Å². The first kappa shape index (κ1) is 63.8. The van der Waals surface area contributed by atoms with Gasteiger partial charge in [-0.05, 0) is 241 Å². The third kappa shape index (κ3) is 14.3. The van der Waals surface area contributed by atoms with Crippen LogP contribution in [0.4, 0.5) is 27.1 Å². The summed E-state index contributed by atoms with van der Waals surface area (Å²) in [5.74, 6) is 8.89. The summed E-state index contributed by atoms with van der Waals surface area (Å²) in [7, 11) is 1.68. The lowest BCUT2D eigenvalue weighted by Gasteiger charge is -2.40. The van der Waals surface area contributed by atoms with Crippen LogP contribution in [0, 0.1) is 35.4 Å². The van der Waals surface area contributed by atoms with E-state index in [1.165, 1.54) is 75.8 Å². The number of ether oxygens (including phenoxy) is 1. The predicted molar refractivity (Wildman–Crippen MR) is 378 cm³/mol. The van der Waals surface area contributed by atoms with Gasteiger partial charge in [0.25, 0.3) is 0 Å². The molecule has 0 bridgehead atoms. The molecule has 3 fully saturated rings. The van der Waals surface area contributed by atoms with E-state index in [9.17, 15) is 9.18 Å². The zero-order valence-electron chi connectivity index (χ0n) is 54.2. The summed E-state index contributed by atoms with van der Waals surface area (Å²) in [5.41, 5.74) is 18.8. The molecule has 0 unspecified atom stereocenters. The molecule has 15 rings (SSSR count). The SMILES string of the molecule is CC[C@H]1Nc2ccc(-c3cccc(F)c3)cc2[C@H]2[C@@H]1CCN2Cc1ccncc1.CC[C@H]1Nc2ccc(-c3cccc(NC(=O)CCl)c3)cc2[C@H]2[C@@H]1CCN2Cc1ccncc1.CC[C@H]1Nc2ccc(C#Cc3ccc(OC)cc3)cc2[C@H]2[C@@H]1CCN2Cc1ccncc1. The third-order valence-electron chi connectivity index (χ3n) is 20.3. The third-order valence-corrected chi connectivity index (χ3v) is 20.5. The van der Waals surface area contributed by atoms with Crippen LogP contribution in [0.5, 0.6) is 5.75 Å². The number of methoxy groups -OCH3 is 1. The molecule has 6 aliphatic heterocycles. The van der Waals surface area contributed by atoms with Crippen LogP contribution in [0.15, 0.2) is 201 Å². The monoisotopic (exact) mass is 1270 g/mol. The van der Waals surface area contributed by atoms with E-state index in [1.54, 1.807) is 19.2 Å². The number of carbonyl (C=O) groups excluding carboxylic acids is 1. The summed E-state index contributed by atoms with van der Waals surface area (Å²) < 4.78 is 19.0. The number of alkyl halides is 1. The smallest absolute Gasteiger partial charge is 0.239 e. The molecule has 0 aliphatic carbocycles. The summed E-state index contributed by atoms with van der Waals surface area (Å²) in [6.07, 6.45) is 18.3. The van der Waals surface area contributed by atoms with Crippen LogP contribution in [-0.4, -0.2) is 86.3 Å². The number of hydrogen-bond donors (Lipinski definition) is 4. The first-order valence-electron chi connectivity index (χ1n) is 33.6. The Labute approximate surface area is 558 Å². The largest absolute Gasteiger partial charge is 0.497 e. The highest BCUT2D eigenvalue weighted by molar-refractivity contribution is 6.29. The van der Waals surface area contributed by atoms with E-state index >= 15 is 0 Å². The molecule has 6 aromatic carbocycles. The fourth-order valence-corrected chi connectivity index (χ4v) is 15.8. The number of benzene rings is 6. The van der Waals surface area contributed by atoms with Crippen molar-refractivity contribution in [3.05, 3.63) is 251 Å². The van der Waals surface area contributed by atoms with Crippen molar-refractivity contribution in [1.29, 1.82) is 0 Å². The number of halogens is 2. The molecule has 4 N–H and O–H groups in total. The molecule has 0 spiro atoms. The van der Waals surface area contributed by atoms with E-state index in [1.807, 2.05) is 85.7 Å². The minimum absolute atomic E-state index is 0.0519. The van der Waals surface area contributed by atoms with Gasteiger partial charge in [0.15, 0.2) is 0 Å². The average molecular weight is 1270 g/mol. The summed E-state index contributed by atoms with van der Waals surface area (Å²) in [6.45, 7) is 13.0. The van der Waals surface area contributed by atoms with Gasteiger partial charge in [0, 0.05) is 145 Å². The molecule has 3 aromatic heterocycles. The van der Waals surface area contributed by atoms with E-state index in [-0.39, 0.29) is 17.6 Å². The van der Waals surface area contributed by atoms with E-state index in [0.29, 0.717) is 54.0 Å². The predicted octanol–water partition coefficient (Wildman–Crippen LogP) is 16.6. The van der Waals surface area contributed by atoms with Gasteiger partial charge in [-0.15, -0.1) is 11.6 Å². The quantitative estimate of drug-likeness (QED) is 0.0615. The Balaban J connectivity index is 0.000000128. The number of anilines is 4. The first-order chi connectivity index (χ1) is 46.1. The maximum Gasteiger partial charge on any atom is 0.239 e. The van der Waals surface area contributed by atoms with E-state index in [4.69, 9.17) is 16.3 Å². The Bertz CT molecular complexity index is 4110. The second kappa shape index (κ2) is 29.6. The molecular weight excluding hydrogens is 1190 g/mol. The van der Waals surface area contributed by atoms with Crippen LogP contribution in [0.25, 0.3) is 22.3 Å². The molecule has 0 saturated carbocycles. The number of carbonyl (C=O) groups is 1. The van der Waals surface area contributed by atoms with Gasteiger partial charge in [0.2, 0.25) is 5.91 Å². The molecule has 12 nitrogen and oxygen atoms in total. The standard InChI is InChI=1S/C28H29N3O.C27H29ClN4O.C25H26FN3/c1-3-26-24-14-17-31(19-22-12-15-29-16-13-22)28(24)25-18-21(8-11-27(25)30-26)5-4-20-6-9-23(32-2)10-7-20;1-2-24-22-10-13-32(17-18-8-11-29-12-9-18)27(22)23-15-20(6-7-25(23)31-24)19-4-3-5-21(14-19)30-26(33)16-28;1-2-23-21-10-13-29(16-17-8-11-27-12-9-17)25(21)22-15-19(6-7-24(22)28-23)18-4-3-5-20(26)14-18/h6-13,15-16,18,24,26,28,30H,3,14,17,19H2,1-2H3;3-9,11-12,14-15,22,24,27,31H,2,10,13,16-17H2,1H3,(H,30,33);3-9,11-12,14-15,21,23,25,28H,2,10,13,16H2,1H3/t24-,26-,28-;22-,24-,27-;21-,23-,25-/m111/s1. The molecular formula is C80H84ClFN10O2.